The molecule has 3 N–H and O–H groups in total. The number of rotatable bonds is 3. The van der Waals surface area contributed by atoms with Gasteiger partial charge in [0.15, 0.2) is 0 Å². The molecule has 2 aromatic rings. The van der Waals surface area contributed by atoms with Gasteiger partial charge in [-0.25, -0.2) is 0 Å². The quantitative estimate of drug-likeness (QED) is 0.826. The van der Waals surface area contributed by atoms with Gasteiger partial charge >= 0.3 is 0 Å². The molecule has 0 unspecified atom stereocenters. The molecule has 0 heterocycles. The lowest BCUT2D eigenvalue weighted by atomic mass is 10.0. The highest BCUT2D eigenvalue weighted by Crippen LogP contribution is 2.25. The number of anilines is 2. The number of hydrogen-bond donors (Lipinski definition) is 2. The fourth-order valence-electron chi connectivity index (χ4n) is 2.06. The molecule has 5 heteroatoms. The molecule has 0 radical (unpaired) electrons. The third-order valence-corrected chi connectivity index (χ3v) is 3.68. The number of carbonyl (C=O) groups is 1. The lowest BCUT2D eigenvalue weighted by Gasteiger charge is -2.11. The third-order valence-electron chi connectivity index (χ3n) is 3.22. The molecule has 0 bridgehead atoms. The van der Waals surface area contributed by atoms with Gasteiger partial charge in [0.1, 0.15) is 5.75 Å². The Kier molecular flexibility index (Phi) is 4.53. The van der Waals surface area contributed by atoms with Gasteiger partial charge in [-0.05, 0) is 43.2 Å². The van der Waals surface area contributed by atoms with Crippen molar-refractivity contribution >= 4 is 33.2 Å². The Morgan fingerprint density at radius 2 is 1.86 bits per heavy atom. The van der Waals surface area contributed by atoms with Crippen molar-refractivity contribution in [2.24, 2.45) is 0 Å². The molecule has 0 aliphatic heterocycles. The molecular formula is C16H17BrN2O2. The molecule has 110 valence electrons. The molecule has 0 spiro atoms. The zero-order valence-corrected chi connectivity index (χ0v) is 13.7. The van der Waals surface area contributed by atoms with Crippen molar-refractivity contribution in [3.63, 3.8) is 0 Å². The van der Waals surface area contributed by atoms with Crippen molar-refractivity contribution in [2.45, 2.75) is 13.8 Å². The molecular weight excluding hydrogens is 332 g/mol. The Hall–Kier alpha value is -2.01. The second kappa shape index (κ2) is 6.18. The van der Waals surface area contributed by atoms with Gasteiger partial charge in [0.25, 0.3) is 5.91 Å². The fourth-order valence-corrected chi connectivity index (χ4v) is 2.54. The van der Waals surface area contributed by atoms with E-state index in [0.29, 0.717) is 22.7 Å². The minimum Gasteiger partial charge on any atom is -0.497 e. The number of aryl methyl sites for hydroxylation is 2. The van der Waals surface area contributed by atoms with Gasteiger partial charge < -0.3 is 15.8 Å². The van der Waals surface area contributed by atoms with Crippen LogP contribution in [0.15, 0.2) is 34.8 Å². The van der Waals surface area contributed by atoms with Crippen LogP contribution in [0.2, 0.25) is 0 Å². The van der Waals surface area contributed by atoms with Gasteiger partial charge in [0.2, 0.25) is 0 Å². The average molecular weight is 349 g/mol. The van der Waals surface area contributed by atoms with Gasteiger partial charge in [-0.3, -0.25) is 4.79 Å². The maximum atomic E-state index is 12.4. The second-order valence-electron chi connectivity index (χ2n) is 4.86. The SMILES string of the molecule is COc1cc(Br)cc(NC(=O)c2cc(N)c(C)cc2C)c1. The summed E-state index contributed by atoms with van der Waals surface area (Å²) in [6, 6.07) is 9.01. The molecule has 0 atom stereocenters. The molecule has 0 fully saturated rings. The van der Waals surface area contributed by atoms with Gasteiger partial charge in [0.05, 0.1) is 7.11 Å². The molecule has 2 rings (SSSR count). The number of nitrogens with one attached hydrogen (secondary N) is 1. The summed E-state index contributed by atoms with van der Waals surface area (Å²) in [5.41, 5.74) is 9.57. The summed E-state index contributed by atoms with van der Waals surface area (Å²) in [6.45, 7) is 3.81. The largest absolute Gasteiger partial charge is 0.497 e. The van der Waals surface area contributed by atoms with Crippen LogP contribution >= 0.6 is 15.9 Å². The maximum absolute atomic E-state index is 12.4. The Bertz CT molecular complexity index is 699. The summed E-state index contributed by atoms with van der Waals surface area (Å²) in [5, 5.41) is 2.86. The Balaban J connectivity index is 2.30. The van der Waals surface area contributed by atoms with Crippen LogP contribution in [0.3, 0.4) is 0 Å². The molecule has 0 aromatic heterocycles. The fraction of sp³-hybridized carbons (Fsp3) is 0.188. The van der Waals surface area contributed by atoms with Crippen LogP contribution in [-0.4, -0.2) is 13.0 Å². The lowest BCUT2D eigenvalue weighted by molar-refractivity contribution is 0.102. The Labute approximate surface area is 132 Å². The number of ether oxygens (including phenoxy) is 1. The van der Waals surface area contributed by atoms with E-state index in [1.165, 1.54) is 0 Å². The number of amides is 1. The first-order chi connectivity index (χ1) is 9.90. The van der Waals surface area contributed by atoms with E-state index in [-0.39, 0.29) is 5.91 Å². The van der Waals surface area contributed by atoms with Crippen molar-refractivity contribution in [1.82, 2.24) is 0 Å². The molecule has 21 heavy (non-hydrogen) atoms. The number of benzene rings is 2. The first-order valence-corrected chi connectivity index (χ1v) is 7.22. The van der Waals surface area contributed by atoms with Gasteiger partial charge in [-0.1, -0.05) is 22.0 Å². The number of halogens is 1. The highest BCUT2D eigenvalue weighted by Gasteiger charge is 2.12. The van der Waals surface area contributed by atoms with Crippen LogP contribution in [0.1, 0.15) is 21.5 Å². The standard InChI is InChI=1S/C16H17BrN2O2/c1-9-4-10(2)15(18)8-14(9)16(20)19-12-5-11(17)6-13(7-12)21-3/h4-8H,18H2,1-3H3,(H,19,20). The normalized spacial score (nSPS) is 10.3. The maximum Gasteiger partial charge on any atom is 0.256 e. The zero-order chi connectivity index (χ0) is 15.6. The van der Waals surface area contributed by atoms with Crippen molar-refractivity contribution < 1.29 is 9.53 Å². The first kappa shape index (κ1) is 15.4. The second-order valence-corrected chi connectivity index (χ2v) is 5.77. The topological polar surface area (TPSA) is 64.3 Å². The number of carbonyl (C=O) groups excluding carboxylic acids is 1. The summed E-state index contributed by atoms with van der Waals surface area (Å²) in [5.74, 6) is 0.471. The summed E-state index contributed by atoms with van der Waals surface area (Å²) in [6.07, 6.45) is 0. The van der Waals surface area contributed by atoms with Crippen molar-refractivity contribution in [1.29, 1.82) is 0 Å². The van der Waals surface area contributed by atoms with Crippen molar-refractivity contribution in [2.75, 3.05) is 18.2 Å². The van der Waals surface area contributed by atoms with E-state index in [1.54, 1.807) is 19.2 Å². The number of methoxy groups -OCH3 is 1. The van der Waals surface area contributed by atoms with E-state index in [2.05, 4.69) is 21.2 Å². The van der Waals surface area contributed by atoms with Crippen LogP contribution in [0.25, 0.3) is 0 Å². The number of nitrogens with two attached hydrogens (primary N) is 1. The summed E-state index contributed by atoms with van der Waals surface area (Å²) in [7, 11) is 1.58. The van der Waals surface area contributed by atoms with Crippen molar-refractivity contribution in [3.8, 4) is 5.75 Å². The molecule has 0 aliphatic carbocycles. The number of hydrogen-bond acceptors (Lipinski definition) is 3. The third kappa shape index (κ3) is 3.55. The summed E-state index contributed by atoms with van der Waals surface area (Å²) in [4.78, 5) is 12.4. The first-order valence-electron chi connectivity index (χ1n) is 6.43. The highest BCUT2D eigenvalue weighted by atomic mass is 79.9. The van der Waals surface area contributed by atoms with Crippen LogP contribution < -0.4 is 15.8 Å². The summed E-state index contributed by atoms with van der Waals surface area (Å²) >= 11 is 3.38. The Morgan fingerprint density at radius 3 is 2.52 bits per heavy atom. The highest BCUT2D eigenvalue weighted by molar-refractivity contribution is 9.10. The predicted molar refractivity (Wildman–Crippen MR) is 89.0 cm³/mol. The Morgan fingerprint density at radius 1 is 1.14 bits per heavy atom. The van der Waals surface area contributed by atoms with Gasteiger partial charge in [0, 0.05) is 27.5 Å². The van der Waals surface area contributed by atoms with E-state index in [9.17, 15) is 4.79 Å². The lowest BCUT2D eigenvalue weighted by Crippen LogP contribution is -2.14. The van der Waals surface area contributed by atoms with Crippen LogP contribution in [0, 0.1) is 13.8 Å². The molecule has 4 nitrogen and oxygen atoms in total. The number of nitrogen functional groups attached to an aromatic ring is 1. The minimum absolute atomic E-state index is 0.195. The van der Waals surface area contributed by atoms with Crippen LogP contribution in [0.5, 0.6) is 5.75 Å². The van der Waals surface area contributed by atoms with Gasteiger partial charge in [-0.15, -0.1) is 0 Å². The van der Waals surface area contributed by atoms with E-state index in [1.807, 2.05) is 32.0 Å². The summed E-state index contributed by atoms with van der Waals surface area (Å²) < 4.78 is 6.01. The molecule has 0 saturated carbocycles. The van der Waals surface area contributed by atoms with Gasteiger partial charge in [-0.2, -0.15) is 0 Å². The van der Waals surface area contributed by atoms with Crippen LogP contribution in [-0.2, 0) is 0 Å². The molecule has 1 amide bonds. The van der Waals surface area contributed by atoms with Crippen LogP contribution in [0.4, 0.5) is 11.4 Å². The smallest absolute Gasteiger partial charge is 0.256 e. The molecule has 0 aliphatic rings. The molecule has 2 aromatic carbocycles. The van der Waals surface area contributed by atoms with E-state index >= 15 is 0 Å². The van der Waals surface area contributed by atoms with Crippen molar-refractivity contribution in [3.05, 3.63) is 51.5 Å². The minimum atomic E-state index is -0.195. The monoisotopic (exact) mass is 348 g/mol. The average Bonchev–Trinajstić information content (AvgIpc) is 2.42. The predicted octanol–water partition coefficient (Wildman–Crippen LogP) is 3.91. The van der Waals surface area contributed by atoms with E-state index < -0.39 is 0 Å². The van der Waals surface area contributed by atoms with E-state index in [0.717, 1.165) is 15.6 Å². The molecule has 0 saturated heterocycles. The van der Waals surface area contributed by atoms with E-state index in [4.69, 9.17) is 10.5 Å². The zero-order valence-electron chi connectivity index (χ0n) is 12.2.